The second-order valence-corrected chi connectivity index (χ2v) is 3.48. The van der Waals surface area contributed by atoms with Gasteiger partial charge in [-0.25, -0.2) is 0 Å². The molecule has 0 amide bonds. The molecule has 0 aliphatic carbocycles. The summed E-state index contributed by atoms with van der Waals surface area (Å²) in [5.74, 6) is -0.975. The van der Waals surface area contributed by atoms with Crippen molar-refractivity contribution in [3.05, 3.63) is 11.1 Å². The van der Waals surface area contributed by atoms with Crippen LogP contribution < -0.4 is 0 Å². The van der Waals surface area contributed by atoms with Crippen LogP contribution in [-0.2, 0) is 14.3 Å². The Hall–Kier alpha value is -0.680. The van der Waals surface area contributed by atoms with Gasteiger partial charge in [-0.2, -0.15) is 0 Å². The molecule has 0 spiro atoms. The van der Waals surface area contributed by atoms with Crippen LogP contribution in [0.3, 0.4) is 0 Å². The fourth-order valence-corrected chi connectivity index (χ4v) is 0.794. The van der Waals surface area contributed by atoms with Crippen LogP contribution in [0.1, 0.15) is 12.8 Å². The van der Waals surface area contributed by atoms with Crippen molar-refractivity contribution < 1.29 is 19.4 Å². The Bertz CT molecular complexity index is 224. The predicted molar refractivity (Wildman–Crippen MR) is 50.3 cm³/mol. The van der Waals surface area contributed by atoms with Gasteiger partial charge in [0, 0.05) is 10.9 Å². The molecular weight excluding hydrogens is 240 g/mol. The molecule has 0 aromatic carbocycles. The van der Waals surface area contributed by atoms with Crippen molar-refractivity contribution in [2.75, 3.05) is 7.11 Å². The highest BCUT2D eigenvalue weighted by molar-refractivity contribution is 9.11. The Morgan fingerprint density at radius 1 is 1.62 bits per heavy atom. The molecule has 0 aliphatic rings. The first-order valence-electron chi connectivity index (χ1n) is 3.58. The van der Waals surface area contributed by atoms with Gasteiger partial charge >= 0.3 is 5.97 Å². The van der Waals surface area contributed by atoms with E-state index in [-0.39, 0.29) is 18.6 Å². The van der Waals surface area contributed by atoms with Crippen LogP contribution in [0.15, 0.2) is 11.1 Å². The van der Waals surface area contributed by atoms with Gasteiger partial charge in [0.2, 0.25) is 0 Å². The molecule has 0 aromatic heterocycles. The zero-order chi connectivity index (χ0) is 10.4. The molecule has 1 unspecified atom stereocenters. The Morgan fingerprint density at radius 3 is 2.54 bits per heavy atom. The van der Waals surface area contributed by atoms with Crippen molar-refractivity contribution in [2.24, 2.45) is 0 Å². The standard InChI is InChI=1S/C8H11BrO4/c1-5(9)7(11)3-6(10)4-8(12)13-2/h7,11H,1,3-4H2,2H3. The fourth-order valence-electron chi connectivity index (χ4n) is 0.632. The molecule has 0 saturated heterocycles. The van der Waals surface area contributed by atoms with Gasteiger partial charge in [-0.05, 0) is 0 Å². The van der Waals surface area contributed by atoms with E-state index in [1.165, 1.54) is 7.11 Å². The van der Waals surface area contributed by atoms with E-state index in [9.17, 15) is 9.59 Å². The number of aliphatic hydroxyl groups is 1. The Labute approximate surface area is 84.7 Å². The number of rotatable bonds is 5. The molecule has 74 valence electrons. The maximum Gasteiger partial charge on any atom is 0.313 e. The van der Waals surface area contributed by atoms with E-state index in [2.05, 4.69) is 27.2 Å². The number of ketones is 1. The van der Waals surface area contributed by atoms with E-state index in [0.29, 0.717) is 4.48 Å². The third kappa shape index (κ3) is 5.54. The quantitative estimate of drug-likeness (QED) is 0.579. The van der Waals surface area contributed by atoms with E-state index in [4.69, 9.17) is 5.11 Å². The number of hydrogen-bond acceptors (Lipinski definition) is 4. The molecule has 0 bridgehead atoms. The van der Waals surface area contributed by atoms with Gasteiger partial charge in [-0.1, -0.05) is 22.5 Å². The zero-order valence-electron chi connectivity index (χ0n) is 7.25. The number of carbonyl (C=O) groups excluding carboxylic acids is 2. The molecular formula is C8H11BrO4. The molecule has 0 heterocycles. The van der Waals surface area contributed by atoms with Crippen LogP contribution in [0.4, 0.5) is 0 Å². The van der Waals surface area contributed by atoms with E-state index >= 15 is 0 Å². The van der Waals surface area contributed by atoms with Crippen molar-refractivity contribution in [1.29, 1.82) is 0 Å². The Morgan fingerprint density at radius 2 is 2.15 bits per heavy atom. The van der Waals surface area contributed by atoms with E-state index in [0.717, 1.165) is 0 Å². The summed E-state index contributed by atoms with van der Waals surface area (Å²) in [5, 5.41) is 9.16. The minimum absolute atomic E-state index is 0.126. The normalized spacial score (nSPS) is 11.9. The molecule has 13 heavy (non-hydrogen) atoms. The highest BCUT2D eigenvalue weighted by Gasteiger charge is 2.15. The molecule has 0 fully saturated rings. The topological polar surface area (TPSA) is 63.6 Å². The van der Waals surface area contributed by atoms with Crippen LogP contribution in [0, 0.1) is 0 Å². The number of esters is 1. The first-order chi connectivity index (χ1) is 5.97. The summed E-state index contributed by atoms with van der Waals surface area (Å²) in [7, 11) is 1.20. The molecule has 4 nitrogen and oxygen atoms in total. The second kappa shape index (κ2) is 5.88. The van der Waals surface area contributed by atoms with Crippen LogP contribution in [-0.4, -0.2) is 30.1 Å². The van der Waals surface area contributed by atoms with Crippen molar-refractivity contribution in [3.63, 3.8) is 0 Å². The van der Waals surface area contributed by atoms with Gasteiger partial charge < -0.3 is 9.84 Å². The molecule has 1 N–H and O–H groups in total. The average molecular weight is 251 g/mol. The summed E-state index contributed by atoms with van der Waals surface area (Å²) in [6, 6.07) is 0. The molecule has 0 aliphatic heterocycles. The molecule has 0 saturated carbocycles. The molecule has 0 radical (unpaired) electrons. The molecule has 1 atom stereocenters. The maximum atomic E-state index is 11.0. The lowest BCUT2D eigenvalue weighted by molar-refractivity contribution is -0.143. The van der Waals surface area contributed by atoms with Crippen LogP contribution in [0.2, 0.25) is 0 Å². The smallest absolute Gasteiger partial charge is 0.313 e. The number of Topliss-reactive ketones (excluding diaryl/α,β-unsaturated/α-hetero) is 1. The monoisotopic (exact) mass is 250 g/mol. The minimum atomic E-state index is -0.947. The van der Waals surface area contributed by atoms with Crippen LogP contribution in [0.25, 0.3) is 0 Å². The van der Waals surface area contributed by atoms with E-state index in [1.54, 1.807) is 0 Å². The SMILES string of the molecule is C=C(Br)C(O)CC(=O)CC(=O)OC. The molecule has 0 aromatic rings. The number of carbonyl (C=O) groups is 2. The van der Waals surface area contributed by atoms with Gasteiger partial charge in [-0.15, -0.1) is 0 Å². The minimum Gasteiger partial charge on any atom is -0.469 e. The van der Waals surface area contributed by atoms with Crippen molar-refractivity contribution in [2.45, 2.75) is 18.9 Å². The first kappa shape index (κ1) is 12.3. The van der Waals surface area contributed by atoms with E-state index < -0.39 is 12.1 Å². The highest BCUT2D eigenvalue weighted by atomic mass is 79.9. The lowest BCUT2D eigenvalue weighted by Crippen LogP contribution is -2.16. The Balaban J connectivity index is 3.88. The summed E-state index contributed by atoms with van der Waals surface area (Å²) < 4.78 is 4.61. The lowest BCUT2D eigenvalue weighted by atomic mass is 10.1. The van der Waals surface area contributed by atoms with Gasteiger partial charge in [-0.3, -0.25) is 9.59 Å². The van der Waals surface area contributed by atoms with Crippen molar-refractivity contribution >= 4 is 27.7 Å². The maximum absolute atomic E-state index is 11.0. The highest BCUT2D eigenvalue weighted by Crippen LogP contribution is 2.11. The fraction of sp³-hybridized carbons (Fsp3) is 0.500. The van der Waals surface area contributed by atoms with Crippen LogP contribution in [0.5, 0.6) is 0 Å². The Kier molecular flexibility index (Phi) is 5.57. The summed E-state index contributed by atoms with van der Waals surface area (Å²) >= 11 is 2.94. The number of methoxy groups -OCH3 is 1. The van der Waals surface area contributed by atoms with E-state index in [1.807, 2.05) is 0 Å². The molecule has 0 rings (SSSR count). The van der Waals surface area contributed by atoms with Gasteiger partial charge in [0.05, 0.1) is 13.2 Å². The number of hydrogen-bond donors (Lipinski definition) is 1. The van der Waals surface area contributed by atoms with Gasteiger partial charge in [0.15, 0.2) is 0 Å². The third-order valence-corrected chi connectivity index (χ3v) is 1.88. The van der Waals surface area contributed by atoms with Crippen molar-refractivity contribution in [1.82, 2.24) is 0 Å². The summed E-state index contributed by atoms with van der Waals surface area (Å²) in [4.78, 5) is 21.6. The lowest BCUT2D eigenvalue weighted by Gasteiger charge is -2.06. The van der Waals surface area contributed by atoms with Gasteiger partial charge in [0.25, 0.3) is 0 Å². The van der Waals surface area contributed by atoms with Crippen LogP contribution >= 0.6 is 15.9 Å². The van der Waals surface area contributed by atoms with Crippen molar-refractivity contribution in [3.8, 4) is 0 Å². The predicted octanol–water partition coefficient (Wildman–Crippen LogP) is 0.778. The summed E-state index contributed by atoms with van der Waals surface area (Å²) in [5.41, 5.74) is 0. The first-order valence-corrected chi connectivity index (χ1v) is 4.37. The van der Waals surface area contributed by atoms with Gasteiger partial charge in [0.1, 0.15) is 12.2 Å². The number of aliphatic hydroxyl groups excluding tert-OH is 1. The largest absolute Gasteiger partial charge is 0.469 e. The second-order valence-electron chi connectivity index (χ2n) is 2.46. The summed E-state index contributed by atoms with van der Waals surface area (Å²) in [6.45, 7) is 3.41. The number of halogens is 1. The molecule has 5 heteroatoms. The third-order valence-electron chi connectivity index (χ3n) is 1.35. The zero-order valence-corrected chi connectivity index (χ0v) is 8.83. The average Bonchev–Trinajstić information content (AvgIpc) is 2.03. The number of ether oxygens (including phenoxy) is 1. The summed E-state index contributed by atoms with van der Waals surface area (Å²) in [6.07, 6.45) is -1.38.